The molecule has 0 fully saturated rings. The number of fused-ring (bicyclic) bond motifs is 8. The van der Waals surface area contributed by atoms with E-state index in [4.69, 9.17) is 18.9 Å². The lowest BCUT2D eigenvalue weighted by Crippen LogP contribution is -1.99. The first kappa shape index (κ1) is 27.8. The molecule has 0 amide bonds. The van der Waals surface area contributed by atoms with Crippen molar-refractivity contribution in [2.75, 3.05) is 0 Å². The molecule has 0 unspecified atom stereocenters. The van der Waals surface area contributed by atoms with Gasteiger partial charge in [-0.25, -0.2) is 0 Å². The van der Waals surface area contributed by atoms with Crippen LogP contribution in [0.25, 0.3) is 0 Å². The maximum atomic E-state index is 6.27. The van der Waals surface area contributed by atoms with Crippen molar-refractivity contribution >= 4 is 23.5 Å². The summed E-state index contributed by atoms with van der Waals surface area (Å²) in [4.78, 5) is 20.6. The van der Waals surface area contributed by atoms with Gasteiger partial charge in [0.2, 0.25) is 23.5 Å². The Labute approximate surface area is 262 Å². The van der Waals surface area contributed by atoms with Crippen LogP contribution in [0.5, 0.6) is 46.5 Å². The molecule has 8 nitrogen and oxygen atoms in total. The SMILES string of the molecule is Cc1cc2cc(c1)Oc1cc(nc(Sc3ccccc3)n1)Oc1cc(C)cc(c1)Oc1cc(nc(Sc3ccccc3)n1)O2. The topological polar surface area (TPSA) is 88.5 Å². The van der Waals surface area contributed by atoms with E-state index in [-0.39, 0.29) is 0 Å². The first-order valence-corrected chi connectivity index (χ1v) is 15.3. The third-order valence-electron chi connectivity index (χ3n) is 6.16. The molecule has 3 heterocycles. The molecule has 2 aromatic heterocycles. The molecule has 0 saturated heterocycles. The van der Waals surface area contributed by atoms with Gasteiger partial charge in [-0.1, -0.05) is 36.4 Å². The highest BCUT2D eigenvalue weighted by Gasteiger charge is 2.16. The van der Waals surface area contributed by atoms with Crippen molar-refractivity contribution in [3.05, 3.63) is 120 Å². The number of rotatable bonds is 4. The van der Waals surface area contributed by atoms with Gasteiger partial charge in [0.25, 0.3) is 0 Å². The third-order valence-corrected chi connectivity index (χ3v) is 7.91. The molecule has 0 saturated carbocycles. The minimum atomic E-state index is 0.326. The van der Waals surface area contributed by atoms with Gasteiger partial charge in [0.15, 0.2) is 10.3 Å². The van der Waals surface area contributed by atoms with Crippen LogP contribution < -0.4 is 18.9 Å². The molecule has 1 aliphatic rings. The second kappa shape index (κ2) is 12.3. The zero-order chi connectivity index (χ0) is 29.9. The zero-order valence-electron chi connectivity index (χ0n) is 23.6. The average molecular weight is 617 g/mol. The highest BCUT2D eigenvalue weighted by Crippen LogP contribution is 2.37. The Kier molecular flexibility index (Phi) is 7.74. The summed E-state index contributed by atoms with van der Waals surface area (Å²) in [7, 11) is 0. The van der Waals surface area contributed by atoms with E-state index in [1.165, 1.54) is 23.5 Å². The summed E-state index contributed by atoms with van der Waals surface area (Å²) in [6.07, 6.45) is 0. The Morgan fingerprint density at radius 2 is 0.727 bits per heavy atom. The smallest absolute Gasteiger partial charge is 0.227 e. The van der Waals surface area contributed by atoms with E-state index in [9.17, 15) is 0 Å². The van der Waals surface area contributed by atoms with Crippen LogP contribution in [0.4, 0.5) is 0 Å². The van der Waals surface area contributed by atoms with Crippen LogP contribution in [-0.2, 0) is 0 Å². The van der Waals surface area contributed by atoms with Crippen LogP contribution in [0.15, 0.2) is 129 Å². The van der Waals surface area contributed by atoms with Gasteiger partial charge in [0.1, 0.15) is 23.0 Å². The molecule has 4 aromatic carbocycles. The van der Waals surface area contributed by atoms with Gasteiger partial charge in [-0.15, -0.1) is 0 Å². The van der Waals surface area contributed by atoms with Crippen molar-refractivity contribution in [1.82, 2.24) is 19.9 Å². The van der Waals surface area contributed by atoms with E-state index < -0.39 is 0 Å². The summed E-state index contributed by atoms with van der Waals surface area (Å²) in [6, 6.07) is 34.3. The lowest BCUT2D eigenvalue weighted by molar-refractivity contribution is 0.405. The maximum Gasteiger partial charge on any atom is 0.227 e. The quantitative estimate of drug-likeness (QED) is 0.178. The van der Waals surface area contributed by atoms with E-state index in [1.807, 2.05) is 98.8 Å². The van der Waals surface area contributed by atoms with Crippen LogP contribution >= 0.6 is 23.5 Å². The predicted molar refractivity (Wildman–Crippen MR) is 168 cm³/mol. The Morgan fingerprint density at radius 1 is 0.409 bits per heavy atom. The molecule has 0 atom stereocenters. The largest absolute Gasteiger partial charge is 0.439 e. The summed E-state index contributed by atoms with van der Waals surface area (Å²) >= 11 is 2.82. The molecule has 8 bridgehead atoms. The van der Waals surface area contributed by atoms with Gasteiger partial charge in [0, 0.05) is 21.9 Å². The fourth-order valence-corrected chi connectivity index (χ4v) is 5.95. The first-order chi connectivity index (χ1) is 21.5. The van der Waals surface area contributed by atoms with E-state index >= 15 is 0 Å². The Morgan fingerprint density at radius 3 is 1.05 bits per heavy atom. The number of hydrogen-bond acceptors (Lipinski definition) is 10. The zero-order valence-corrected chi connectivity index (χ0v) is 25.3. The summed E-state index contributed by atoms with van der Waals surface area (Å²) in [5, 5.41) is 0.954. The van der Waals surface area contributed by atoms with Crippen molar-refractivity contribution in [3.63, 3.8) is 0 Å². The second-order valence-electron chi connectivity index (χ2n) is 9.86. The van der Waals surface area contributed by atoms with Crippen LogP contribution in [-0.4, -0.2) is 19.9 Å². The van der Waals surface area contributed by atoms with Crippen LogP contribution in [0.2, 0.25) is 0 Å². The number of aromatic nitrogens is 4. The van der Waals surface area contributed by atoms with Gasteiger partial charge in [0.05, 0.1) is 12.1 Å². The van der Waals surface area contributed by atoms with E-state index in [2.05, 4.69) is 19.9 Å². The minimum Gasteiger partial charge on any atom is -0.439 e. The van der Waals surface area contributed by atoms with E-state index in [0.29, 0.717) is 56.8 Å². The molecule has 44 heavy (non-hydrogen) atoms. The van der Waals surface area contributed by atoms with Crippen LogP contribution in [0.1, 0.15) is 11.1 Å². The Bertz CT molecular complexity index is 1730. The minimum absolute atomic E-state index is 0.326. The molecule has 10 heteroatoms. The lowest BCUT2D eigenvalue weighted by atomic mass is 10.2. The van der Waals surface area contributed by atoms with Gasteiger partial charge >= 0.3 is 0 Å². The summed E-state index contributed by atoms with van der Waals surface area (Å²) in [5.74, 6) is 3.45. The van der Waals surface area contributed by atoms with E-state index in [0.717, 1.165) is 20.9 Å². The normalized spacial score (nSPS) is 11.9. The second-order valence-corrected chi connectivity index (χ2v) is 11.9. The van der Waals surface area contributed by atoms with Crippen LogP contribution in [0.3, 0.4) is 0 Å². The molecule has 7 rings (SSSR count). The third kappa shape index (κ3) is 6.94. The van der Waals surface area contributed by atoms with Crippen LogP contribution in [0, 0.1) is 13.8 Å². The summed E-state index contributed by atoms with van der Waals surface area (Å²) in [5.41, 5.74) is 1.86. The molecule has 0 radical (unpaired) electrons. The molecule has 6 aromatic rings. The number of hydrogen-bond donors (Lipinski definition) is 0. The molecule has 0 aliphatic carbocycles. The standard InChI is InChI=1S/C34H24N4O4S2/c1-21-13-23-17-24(14-21)40-30-20-32(38-34(36-30)44-28-11-7-4-8-12-28)42-26-16-22(2)15-25(18-26)41-31-19-29(39-23)35-33(37-31)43-27-9-5-3-6-10-27/h3-20H,1-2H3. The molecule has 0 spiro atoms. The molecule has 0 N–H and O–H groups in total. The number of benzene rings is 4. The van der Waals surface area contributed by atoms with Crippen molar-refractivity contribution in [2.24, 2.45) is 0 Å². The summed E-state index contributed by atoms with van der Waals surface area (Å²) in [6.45, 7) is 3.92. The fraction of sp³-hybridized carbons (Fsp3) is 0.0588. The lowest BCUT2D eigenvalue weighted by Gasteiger charge is -2.15. The Hall–Kier alpha value is -5.06. The predicted octanol–water partition coefficient (Wildman–Crippen LogP) is 9.67. The maximum absolute atomic E-state index is 6.27. The van der Waals surface area contributed by atoms with Gasteiger partial charge in [-0.05, 0) is 97.0 Å². The fourth-order valence-electron chi connectivity index (χ4n) is 4.40. The van der Waals surface area contributed by atoms with Gasteiger partial charge < -0.3 is 18.9 Å². The van der Waals surface area contributed by atoms with Crippen molar-refractivity contribution in [3.8, 4) is 46.5 Å². The highest BCUT2D eigenvalue weighted by molar-refractivity contribution is 7.99. The number of nitrogens with zero attached hydrogens (tertiary/aromatic N) is 4. The highest BCUT2D eigenvalue weighted by atomic mass is 32.2. The number of aryl methyl sites for hydroxylation is 2. The molecule has 216 valence electrons. The van der Waals surface area contributed by atoms with Crippen molar-refractivity contribution < 1.29 is 18.9 Å². The van der Waals surface area contributed by atoms with Crippen molar-refractivity contribution in [1.29, 1.82) is 0 Å². The van der Waals surface area contributed by atoms with Crippen molar-refractivity contribution in [2.45, 2.75) is 34.0 Å². The first-order valence-electron chi connectivity index (χ1n) is 13.7. The average Bonchev–Trinajstić information content (AvgIpc) is 2.97. The molecule has 1 aliphatic heterocycles. The molecular weight excluding hydrogens is 593 g/mol. The van der Waals surface area contributed by atoms with Gasteiger partial charge in [-0.3, -0.25) is 0 Å². The van der Waals surface area contributed by atoms with Gasteiger partial charge in [-0.2, -0.15) is 19.9 Å². The monoisotopic (exact) mass is 616 g/mol. The van der Waals surface area contributed by atoms with E-state index in [1.54, 1.807) is 24.3 Å². The summed E-state index contributed by atoms with van der Waals surface area (Å²) < 4.78 is 25.1. The Balaban J connectivity index is 1.32. The molecular formula is C34H24N4O4S2. The number of ether oxygens (including phenoxy) is 4.